The molecule has 1 saturated heterocycles. The van der Waals surface area contributed by atoms with Crippen LogP contribution in [0.3, 0.4) is 0 Å². The summed E-state index contributed by atoms with van der Waals surface area (Å²) in [4.78, 5) is 18.7. The van der Waals surface area contributed by atoms with Gasteiger partial charge in [-0.1, -0.05) is 37.6 Å². The van der Waals surface area contributed by atoms with Crippen LogP contribution in [-0.4, -0.2) is 40.1 Å². The van der Waals surface area contributed by atoms with Gasteiger partial charge in [0.1, 0.15) is 0 Å². The van der Waals surface area contributed by atoms with Gasteiger partial charge in [0, 0.05) is 19.8 Å². The van der Waals surface area contributed by atoms with Crippen LogP contribution in [0.25, 0.3) is 11.3 Å². The molecule has 0 spiro atoms. The number of carbonyl (C=O) groups is 1. The fourth-order valence-electron chi connectivity index (χ4n) is 3.77. The molecule has 0 saturated carbocycles. The zero-order chi connectivity index (χ0) is 17.2. The van der Waals surface area contributed by atoms with E-state index in [0.717, 1.165) is 56.7 Å². The molecule has 0 radical (unpaired) electrons. The number of imidazole rings is 1. The summed E-state index contributed by atoms with van der Waals surface area (Å²) >= 11 is 0. The molecule has 1 fully saturated rings. The van der Waals surface area contributed by atoms with Crippen molar-refractivity contribution in [1.29, 1.82) is 0 Å². The molecule has 5 heteroatoms. The van der Waals surface area contributed by atoms with Gasteiger partial charge in [-0.15, -0.1) is 0 Å². The van der Waals surface area contributed by atoms with Crippen LogP contribution in [0, 0.1) is 0 Å². The van der Waals surface area contributed by atoms with E-state index >= 15 is 0 Å². The average Bonchev–Trinajstić information content (AvgIpc) is 3.21. The maximum Gasteiger partial charge on any atom is 0.291 e. The van der Waals surface area contributed by atoms with Crippen LogP contribution in [-0.2, 0) is 11.4 Å². The minimum absolute atomic E-state index is 0.0542. The Bertz CT molecular complexity index is 745. The molecular formula is C20H25N3O2. The van der Waals surface area contributed by atoms with Gasteiger partial charge in [-0.2, -0.15) is 0 Å². The van der Waals surface area contributed by atoms with Gasteiger partial charge in [-0.3, -0.25) is 4.79 Å². The van der Waals surface area contributed by atoms with Gasteiger partial charge in [-0.05, 0) is 36.3 Å². The summed E-state index contributed by atoms with van der Waals surface area (Å²) in [7, 11) is 0. The Morgan fingerprint density at radius 3 is 2.68 bits per heavy atom. The number of ether oxygens (including phenoxy) is 1. The van der Waals surface area contributed by atoms with Crippen molar-refractivity contribution < 1.29 is 9.53 Å². The Kier molecular flexibility index (Phi) is 4.57. The molecule has 0 aliphatic carbocycles. The van der Waals surface area contributed by atoms with Gasteiger partial charge in [0.05, 0.1) is 18.6 Å². The third-order valence-corrected chi connectivity index (χ3v) is 5.33. The van der Waals surface area contributed by atoms with Crippen molar-refractivity contribution in [1.82, 2.24) is 14.5 Å². The number of carbonyl (C=O) groups excluding carboxylic acids is 1. The quantitative estimate of drug-likeness (QED) is 0.835. The number of hydrogen-bond acceptors (Lipinski definition) is 3. The first-order valence-corrected chi connectivity index (χ1v) is 9.31. The fourth-order valence-corrected chi connectivity index (χ4v) is 3.77. The van der Waals surface area contributed by atoms with Crippen LogP contribution in [0.4, 0.5) is 0 Å². The molecule has 0 unspecified atom stereocenters. The summed E-state index contributed by atoms with van der Waals surface area (Å²) in [5.74, 6) is 1.23. The van der Waals surface area contributed by atoms with Crippen molar-refractivity contribution in [3.05, 3.63) is 41.9 Å². The molecule has 132 valence electrons. The molecule has 2 aromatic rings. The molecule has 1 aromatic carbocycles. The minimum atomic E-state index is 0.0542. The molecule has 2 aliphatic rings. The second-order valence-electron chi connectivity index (χ2n) is 6.97. The van der Waals surface area contributed by atoms with E-state index in [1.807, 2.05) is 15.7 Å². The van der Waals surface area contributed by atoms with Crippen LogP contribution >= 0.6 is 0 Å². The van der Waals surface area contributed by atoms with E-state index in [9.17, 15) is 4.79 Å². The van der Waals surface area contributed by atoms with Crippen LogP contribution < -0.4 is 0 Å². The van der Waals surface area contributed by atoms with Crippen LogP contribution in [0.5, 0.6) is 0 Å². The Morgan fingerprint density at radius 1 is 1.20 bits per heavy atom. The van der Waals surface area contributed by atoms with Crippen LogP contribution in [0.1, 0.15) is 54.7 Å². The van der Waals surface area contributed by atoms with Gasteiger partial charge in [0.2, 0.25) is 5.82 Å². The summed E-state index contributed by atoms with van der Waals surface area (Å²) in [5, 5.41) is 0. The summed E-state index contributed by atoms with van der Waals surface area (Å²) in [6, 6.07) is 8.76. The molecule has 3 heterocycles. The van der Waals surface area contributed by atoms with Crippen molar-refractivity contribution in [2.75, 3.05) is 19.8 Å². The first-order valence-electron chi connectivity index (χ1n) is 9.31. The summed E-state index contributed by atoms with van der Waals surface area (Å²) in [6.07, 6.45) is 6.15. The van der Waals surface area contributed by atoms with E-state index in [1.54, 1.807) is 0 Å². The normalized spacial score (nSPS) is 18.0. The standard InChI is InChI=1S/C20H25N3O2/c1-2-3-10-22-14-23-18(13-21-19(23)20(22)24)17-6-4-15(5-7-17)16-8-11-25-12-9-16/h4-7,13,16H,2-3,8-12,14H2,1H3. The lowest BCUT2D eigenvalue weighted by atomic mass is 9.91. The second kappa shape index (κ2) is 7.00. The molecule has 0 bridgehead atoms. The summed E-state index contributed by atoms with van der Waals surface area (Å²) in [5.41, 5.74) is 3.54. The van der Waals surface area contributed by atoms with Gasteiger partial charge in [-0.25, -0.2) is 4.98 Å². The molecule has 1 amide bonds. The van der Waals surface area contributed by atoms with Gasteiger partial charge < -0.3 is 14.2 Å². The number of unbranched alkanes of at least 4 members (excludes halogenated alkanes) is 1. The largest absolute Gasteiger partial charge is 0.381 e. The molecule has 5 nitrogen and oxygen atoms in total. The van der Waals surface area contributed by atoms with Crippen molar-refractivity contribution in [3.8, 4) is 11.3 Å². The number of benzene rings is 1. The van der Waals surface area contributed by atoms with E-state index in [4.69, 9.17) is 4.74 Å². The van der Waals surface area contributed by atoms with Gasteiger partial charge in [0.15, 0.2) is 0 Å². The maximum atomic E-state index is 12.4. The van der Waals surface area contributed by atoms with Crippen molar-refractivity contribution in [2.24, 2.45) is 0 Å². The summed E-state index contributed by atoms with van der Waals surface area (Å²) < 4.78 is 7.50. The molecule has 4 rings (SSSR count). The third-order valence-electron chi connectivity index (χ3n) is 5.33. The third kappa shape index (κ3) is 3.09. The van der Waals surface area contributed by atoms with E-state index in [1.165, 1.54) is 5.56 Å². The predicted octanol–water partition coefficient (Wildman–Crippen LogP) is 3.66. The highest BCUT2D eigenvalue weighted by atomic mass is 16.5. The van der Waals surface area contributed by atoms with Gasteiger partial charge >= 0.3 is 0 Å². The topological polar surface area (TPSA) is 47.4 Å². The highest BCUT2D eigenvalue weighted by molar-refractivity contribution is 5.93. The highest BCUT2D eigenvalue weighted by Gasteiger charge is 2.30. The minimum Gasteiger partial charge on any atom is -0.381 e. The number of hydrogen-bond donors (Lipinski definition) is 0. The van der Waals surface area contributed by atoms with Crippen molar-refractivity contribution in [3.63, 3.8) is 0 Å². The van der Waals surface area contributed by atoms with Crippen LogP contribution in [0.2, 0.25) is 0 Å². The Balaban J connectivity index is 1.54. The zero-order valence-electron chi connectivity index (χ0n) is 14.8. The molecule has 1 aromatic heterocycles. The van der Waals surface area contributed by atoms with Crippen molar-refractivity contribution in [2.45, 2.75) is 45.2 Å². The maximum absolute atomic E-state index is 12.4. The fraction of sp³-hybridized carbons (Fsp3) is 0.500. The van der Waals surface area contributed by atoms with E-state index < -0.39 is 0 Å². The Hall–Kier alpha value is -2.14. The average molecular weight is 339 g/mol. The predicted molar refractivity (Wildman–Crippen MR) is 96.4 cm³/mol. The second-order valence-corrected chi connectivity index (χ2v) is 6.97. The number of amides is 1. The number of aromatic nitrogens is 2. The van der Waals surface area contributed by atoms with E-state index in [-0.39, 0.29) is 5.91 Å². The number of nitrogens with zero attached hydrogens (tertiary/aromatic N) is 3. The lowest BCUT2D eigenvalue weighted by Gasteiger charge is -2.22. The van der Waals surface area contributed by atoms with Crippen LogP contribution in [0.15, 0.2) is 30.5 Å². The lowest BCUT2D eigenvalue weighted by molar-refractivity contribution is 0.0764. The van der Waals surface area contributed by atoms with E-state index in [2.05, 4.69) is 36.2 Å². The van der Waals surface area contributed by atoms with E-state index in [0.29, 0.717) is 18.4 Å². The molecule has 25 heavy (non-hydrogen) atoms. The number of fused-ring (bicyclic) bond motifs is 1. The first kappa shape index (κ1) is 16.3. The molecule has 0 N–H and O–H groups in total. The zero-order valence-corrected chi connectivity index (χ0v) is 14.8. The van der Waals surface area contributed by atoms with Crippen molar-refractivity contribution >= 4 is 5.91 Å². The SMILES string of the molecule is CCCCN1Cn2c(-c3ccc(C4CCOCC4)cc3)cnc2C1=O. The Morgan fingerprint density at radius 2 is 1.96 bits per heavy atom. The van der Waals surface area contributed by atoms with Gasteiger partial charge in [0.25, 0.3) is 5.91 Å². The highest BCUT2D eigenvalue weighted by Crippen LogP contribution is 2.30. The monoisotopic (exact) mass is 339 g/mol. The lowest BCUT2D eigenvalue weighted by Crippen LogP contribution is -2.25. The summed E-state index contributed by atoms with van der Waals surface area (Å²) in [6.45, 7) is 5.28. The molecule has 2 aliphatic heterocycles. The first-order chi connectivity index (χ1) is 12.3. The smallest absolute Gasteiger partial charge is 0.291 e. The number of rotatable bonds is 5. The molecule has 0 atom stereocenters. The Labute approximate surface area is 148 Å². The molecular weight excluding hydrogens is 314 g/mol.